The van der Waals surface area contributed by atoms with Gasteiger partial charge >= 0.3 is 0 Å². The molecule has 0 unspecified atom stereocenters. The summed E-state index contributed by atoms with van der Waals surface area (Å²) in [5, 5.41) is 20.9. The van der Waals surface area contributed by atoms with E-state index in [1.54, 1.807) is 18.3 Å². The van der Waals surface area contributed by atoms with Crippen LogP contribution in [0.25, 0.3) is 0 Å². The summed E-state index contributed by atoms with van der Waals surface area (Å²) in [5.41, 5.74) is 0.590. The van der Waals surface area contributed by atoms with Crippen molar-refractivity contribution in [1.29, 1.82) is 5.26 Å². The van der Waals surface area contributed by atoms with Crippen molar-refractivity contribution in [2.45, 2.75) is 32.7 Å². The molecule has 1 aliphatic rings. The lowest BCUT2D eigenvalue weighted by Crippen LogP contribution is -2.27. The van der Waals surface area contributed by atoms with Gasteiger partial charge in [-0.2, -0.15) is 5.26 Å². The van der Waals surface area contributed by atoms with Crippen LogP contribution in [-0.2, 0) is 19.4 Å². The van der Waals surface area contributed by atoms with Crippen molar-refractivity contribution in [1.82, 2.24) is 19.7 Å². The Morgan fingerprint density at radius 1 is 1.48 bits per heavy atom. The highest BCUT2D eigenvalue weighted by molar-refractivity contribution is 5.51. The van der Waals surface area contributed by atoms with E-state index in [-0.39, 0.29) is 0 Å². The maximum absolute atomic E-state index is 9.08. The number of anilines is 1. The van der Waals surface area contributed by atoms with E-state index < -0.39 is 0 Å². The zero-order valence-electron chi connectivity index (χ0n) is 12.1. The number of hydrogen-bond acceptors (Lipinski definition) is 5. The highest BCUT2D eigenvalue weighted by Gasteiger charge is 2.22. The molecular formula is C15H18N6. The molecule has 0 aliphatic carbocycles. The number of aromatic nitrogens is 4. The summed E-state index contributed by atoms with van der Waals surface area (Å²) in [6.45, 7) is 3.85. The highest BCUT2D eigenvalue weighted by atomic mass is 15.3. The summed E-state index contributed by atoms with van der Waals surface area (Å²) in [6, 6.07) is 5.72. The largest absolute Gasteiger partial charge is 0.369 e. The Balaban J connectivity index is 1.66. The molecule has 0 amide bonds. The van der Waals surface area contributed by atoms with E-state index in [9.17, 15) is 0 Å². The molecule has 1 atom stereocenters. The van der Waals surface area contributed by atoms with Crippen molar-refractivity contribution < 1.29 is 0 Å². The van der Waals surface area contributed by atoms with Crippen molar-refractivity contribution >= 4 is 5.82 Å². The molecule has 2 aromatic heterocycles. The number of aryl methyl sites for hydroxylation is 2. The van der Waals surface area contributed by atoms with Gasteiger partial charge < -0.3 is 9.88 Å². The molecule has 0 saturated carbocycles. The summed E-state index contributed by atoms with van der Waals surface area (Å²) in [7, 11) is 0. The second-order valence-corrected chi connectivity index (χ2v) is 5.29. The number of fused-ring (bicyclic) bond motifs is 1. The first-order valence-corrected chi connectivity index (χ1v) is 7.31. The number of pyridine rings is 1. The zero-order chi connectivity index (χ0) is 14.7. The van der Waals surface area contributed by atoms with E-state index in [2.05, 4.69) is 38.1 Å². The summed E-state index contributed by atoms with van der Waals surface area (Å²) in [5.74, 6) is 3.33. The van der Waals surface area contributed by atoms with Crippen LogP contribution in [0.15, 0.2) is 18.3 Å². The summed E-state index contributed by atoms with van der Waals surface area (Å²) < 4.78 is 2.24. The van der Waals surface area contributed by atoms with E-state index in [0.29, 0.717) is 17.3 Å². The number of nitriles is 1. The van der Waals surface area contributed by atoms with Gasteiger partial charge in [0.25, 0.3) is 0 Å². The first-order chi connectivity index (χ1) is 10.3. The molecule has 0 spiro atoms. The smallest absolute Gasteiger partial charge is 0.143 e. The Morgan fingerprint density at radius 2 is 2.38 bits per heavy atom. The fraction of sp³-hybridized carbons (Fsp3) is 0.467. The molecule has 6 heteroatoms. The minimum atomic E-state index is 0.507. The molecule has 0 saturated heterocycles. The lowest BCUT2D eigenvalue weighted by atomic mass is 9.99. The van der Waals surface area contributed by atoms with Gasteiger partial charge in [0.2, 0.25) is 0 Å². The van der Waals surface area contributed by atoms with Gasteiger partial charge in [-0.05, 0) is 24.5 Å². The third-order valence-corrected chi connectivity index (χ3v) is 3.92. The van der Waals surface area contributed by atoms with Gasteiger partial charge in [-0.15, -0.1) is 10.2 Å². The molecule has 0 bridgehead atoms. The van der Waals surface area contributed by atoms with Crippen molar-refractivity contribution in [3.05, 3.63) is 35.5 Å². The summed E-state index contributed by atoms with van der Waals surface area (Å²) in [4.78, 5) is 4.24. The van der Waals surface area contributed by atoms with Gasteiger partial charge in [0.05, 0.1) is 5.56 Å². The quantitative estimate of drug-likeness (QED) is 0.924. The second kappa shape index (κ2) is 5.92. The predicted molar refractivity (Wildman–Crippen MR) is 78.7 cm³/mol. The maximum atomic E-state index is 9.08. The van der Waals surface area contributed by atoms with Gasteiger partial charge in [0.15, 0.2) is 0 Å². The molecule has 6 nitrogen and oxygen atoms in total. The molecule has 0 aromatic carbocycles. The Kier molecular flexibility index (Phi) is 3.82. The normalized spacial score (nSPS) is 17.0. The van der Waals surface area contributed by atoms with Crippen molar-refractivity contribution in [3.8, 4) is 6.07 Å². The lowest BCUT2D eigenvalue weighted by Gasteiger charge is -2.24. The van der Waals surface area contributed by atoms with Crippen molar-refractivity contribution in [2.75, 3.05) is 11.9 Å². The number of nitrogens with zero attached hydrogens (tertiary/aromatic N) is 5. The average Bonchev–Trinajstić information content (AvgIpc) is 2.95. The fourth-order valence-corrected chi connectivity index (χ4v) is 2.76. The van der Waals surface area contributed by atoms with E-state index in [1.165, 1.54) is 0 Å². The maximum Gasteiger partial charge on any atom is 0.143 e. The molecule has 1 N–H and O–H groups in total. The zero-order valence-corrected chi connectivity index (χ0v) is 12.1. The molecule has 1 aliphatic heterocycles. The average molecular weight is 282 g/mol. The topological polar surface area (TPSA) is 79.4 Å². The summed E-state index contributed by atoms with van der Waals surface area (Å²) in [6.07, 6.45) is 4.67. The first-order valence-electron chi connectivity index (χ1n) is 7.31. The second-order valence-electron chi connectivity index (χ2n) is 5.29. The van der Waals surface area contributed by atoms with Crippen molar-refractivity contribution in [3.63, 3.8) is 0 Å². The molecule has 108 valence electrons. The van der Waals surface area contributed by atoms with E-state index in [1.807, 2.05) is 0 Å². The minimum Gasteiger partial charge on any atom is -0.369 e. The van der Waals surface area contributed by atoms with Crippen LogP contribution in [0.5, 0.6) is 0 Å². The van der Waals surface area contributed by atoms with Gasteiger partial charge in [0.1, 0.15) is 23.5 Å². The van der Waals surface area contributed by atoms with Crippen LogP contribution in [0, 0.1) is 17.2 Å². The third-order valence-electron chi connectivity index (χ3n) is 3.92. The monoisotopic (exact) mass is 282 g/mol. The molecule has 3 heterocycles. The van der Waals surface area contributed by atoms with Crippen LogP contribution in [0.1, 0.15) is 30.6 Å². The summed E-state index contributed by atoms with van der Waals surface area (Å²) >= 11 is 0. The fourth-order valence-electron chi connectivity index (χ4n) is 2.76. The van der Waals surface area contributed by atoms with Gasteiger partial charge in [-0.1, -0.05) is 6.92 Å². The molecule has 2 aromatic rings. The molecule has 3 rings (SSSR count). The lowest BCUT2D eigenvalue weighted by molar-refractivity contribution is 0.374. The van der Waals surface area contributed by atoms with Gasteiger partial charge in [-0.3, -0.25) is 0 Å². The molecular weight excluding hydrogens is 264 g/mol. The van der Waals surface area contributed by atoms with Crippen LogP contribution in [0.3, 0.4) is 0 Å². The SMILES string of the molecule is CCc1nnc2n1C[C@H](CNc1ncccc1C#N)CC2. The van der Waals surface area contributed by atoms with Crippen LogP contribution in [-0.4, -0.2) is 26.3 Å². The predicted octanol–water partition coefficient (Wildman–Crippen LogP) is 1.78. The Bertz CT molecular complexity index is 656. The van der Waals surface area contributed by atoms with Gasteiger partial charge in [0, 0.05) is 32.1 Å². The first kappa shape index (κ1) is 13.6. The number of nitrogens with one attached hydrogen (secondary N) is 1. The standard InChI is InChI=1S/C15H18N6/c1-2-13-19-20-14-6-5-11(10-21(13)14)9-18-15-12(8-16)4-3-7-17-15/h3-4,7,11H,2,5-6,9-10H2,1H3,(H,17,18)/t11-/m0/s1. The van der Waals surface area contributed by atoms with E-state index in [0.717, 1.165) is 44.0 Å². The Labute approximate surface area is 123 Å². The Hall–Kier alpha value is -2.42. The molecule has 0 radical (unpaired) electrons. The molecule has 0 fully saturated rings. The number of hydrogen-bond donors (Lipinski definition) is 1. The highest BCUT2D eigenvalue weighted by Crippen LogP contribution is 2.21. The van der Waals surface area contributed by atoms with Crippen molar-refractivity contribution in [2.24, 2.45) is 5.92 Å². The number of rotatable bonds is 4. The van der Waals surface area contributed by atoms with Crippen LogP contribution < -0.4 is 5.32 Å². The Morgan fingerprint density at radius 3 is 3.19 bits per heavy atom. The third kappa shape index (κ3) is 2.72. The van der Waals surface area contributed by atoms with Crippen LogP contribution in [0.2, 0.25) is 0 Å². The minimum absolute atomic E-state index is 0.507. The van der Waals surface area contributed by atoms with Crippen LogP contribution >= 0.6 is 0 Å². The molecule has 21 heavy (non-hydrogen) atoms. The van der Waals surface area contributed by atoms with Gasteiger partial charge in [-0.25, -0.2) is 4.98 Å². The van der Waals surface area contributed by atoms with Crippen LogP contribution in [0.4, 0.5) is 5.82 Å². The van der Waals surface area contributed by atoms with E-state index in [4.69, 9.17) is 5.26 Å². The van der Waals surface area contributed by atoms with E-state index >= 15 is 0 Å².